The zero-order chi connectivity index (χ0) is 19.0. The SMILES string of the molecule is CCc1ccc2cc(-c3ccc(-c4ccc(Cl)c(F)c4)c(F)c3)ccc2c1. The maximum atomic E-state index is 14.7. The van der Waals surface area contributed by atoms with E-state index in [1.807, 2.05) is 12.1 Å². The van der Waals surface area contributed by atoms with Gasteiger partial charge in [0, 0.05) is 5.56 Å². The van der Waals surface area contributed by atoms with E-state index in [2.05, 4.69) is 37.3 Å². The zero-order valence-electron chi connectivity index (χ0n) is 14.8. The maximum Gasteiger partial charge on any atom is 0.142 e. The van der Waals surface area contributed by atoms with Crippen molar-refractivity contribution in [3.8, 4) is 22.3 Å². The first kappa shape index (κ1) is 17.7. The molecule has 0 unspecified atom stereocenters. The number of hydrogen-bond acceptors (Lipinski definition) is 0. The third-order valence-electron chi connectivity index (χ3n) is 4.85. The van der Waals surface area contributed by atoms with E-state index in [9.17, 15) is 8.78 Å². The number of benzene rings is 4. The molecule has 0 bridgehead atoms. The molecule has 3 heteroatoms. The van der Waals surface area contributed by atoms with E-state index >= 15 is 0 Å². The van der Waals surface area contributed by atoms with Crippen molar-refractivity contribution in [3.05, 3.63) is 95.0 Å². The van der Waals surface area contributed by atoms with Gasteiger partial charge in [0.25, 0.3) is 0 Å². The molecule has 0 amide bonds. The number of rotatable bonds is 3. The molecule has 134 valence electrons. The largest absolute Gasteiger partial charge is 0.206 e. The fraction of sp³-hybridized carbons (Fsp3) is 0.0833. The maximum absolute atomic E-state index is 14.7. The van der Waals surface area contributed by atoms with Gasteiger partial charge < -0.3 is 0 Å². The third kappa shape index (κ3) is 3.45. The van der Waals surface area contributed by atoms with Gasteiger partial charge in [-0.3, -0.25) is 0 Å². The molecule has 0 saturated carbocycles. The van der Waals surface area contributed by atoms with Crippen LogP contribution in [0.5, 0.6) is 0 Å². The summed E-state index contributed by atoms with van der Waals surface area (Å²) in [6, 6.07) is 21.8. The molecule has 0 radical (unpaired) electrons. The Morgan fingerprint density at radius 1 is 0.667 bits per heavy atom. The Hall–Kier alpha value is -2.71. The minimum atomic E-state index is -0.557. The second-order valence-corrected chi connectivity index (χ2v) is 6.98. The first-order chi connectivity index (χ1) is 13.0. The minimum absolute atomic E-state index is 0.0261. The number of hydrogen-bond donors (Lipinski definition) is 0. The summed E-state index contributed by atoms with van der Waals surface area (Å²) < 4.78 is 28.4. The second kappa shape index (κ2) is 7.13. The molecule has 0 fully saturated rings. The molecular weight excluding hydrogens is 362 g/mol. The molecule has 4 rings (SSSR count). The lowest BCUT2D eigenvalue weighted by molar-refractivity contribution is 0.625. The van der Waals surface area contributed by atoms with Crippen LogP contribution in [0.2, 0.25) is 5.02 Å². The van der Waals surface area contributed by atoms with Crippen molar-refractivity contribution in [1.29, 1.82) is 0 Å². The highest BCUT2D eigenvalue weighted by molar-refractivity contribution is 6.30. The van der Waals surface area contributed by atoms with Gasteiger partial charge in [0.15, 0.2) is 0 Å². The molecule has 27 heavy (non-hydrogen) atoms. The number of aryl methyl sites for hydroxylation is 1. The van der Waals surface area contributed by atoms with E-state index in [4.69, 9.17) is 11.6 Å². The second-order valence-electron chi connectivity index (χ2n) is 6.57. The van der Waals surface area contributed by atoms with Crippen LogP contribution in [0.15, 0.2) is 72.8 Å². The smallest absolute Gasteiger partial charge is 0.142 e. The molecule has 0 aliphatic heterocycles. The molecule has 0 aromatic heterocycles. The van der Waals surface area contributed by atoms with Crippen molar-refractivity contribution in [2.75, 3.05) is 0 Å². The fourth-order valence-electron chi connectivity index (χ4n) is 3.29. The highest BCUT2D eigenvalue weighted by Gasteiger charge is 2.10. The molecule has 0 aliphatic rings. The van der Waals surface area contributed by atoms with Crippen molar-refractivity contribution < 1.29 is 8.78 Å². The average Bonchev–Trinajstić information content (AvgIpc) is 2.69. The summed E-state index contributed by atoms with van der Waals surface area (Å²) in [4.78, 5) is 0. The lowest BCUT2D eigenvalue weighted by Crippen LogP contribution is -1.88. The van der Waals surface area contributed by atoms with Crippen LogP contribution in [0.3, 0.4) is 0 Å². The van der Waals surface area contributed by atoms with Gasteiger partial charge in [0.1, 0.15) is 11.6 Å². The van der Waals surface area contributed by atoms with Crippen LogP contribution in [0, 0.1) is 11.6 Å². The van der Waals surface area contributed by atoms with Crippen LogP contribution in [-0.4, -0.2) is 0 Å². The van der Waals surface area contributed by atoms with E-state index in [0.29, 0.717) is 11.1 Å². The van der Waals surface area contributed by atoms with Crippen LogP contribution >= 0.6 is 11.6 Å². The number of fused-ring (bicyclic) bond motifs is 1. The van der Waals surface area contributed by atoms with Gasteiger partial charge in [-0.15, -0.1) is 0 Å². The van der Waals surface area contributed by atoms with Crippen LogP contribution < -0.4 is 0 Å². The minimum Gasteiger partial charge on any atom is -0.206 e. The van der Waals surface area contributed by atoms with Gasteiger partial charge in [-0.05, 0) is 63.7 Å². The molecule has 0 N–H and O–H groups in total. The van der Waals surface area contributed by atoms with Crippen LogP contribution in [0.25, 0.3) is 33.0 Å². The van der Waals surface area contributed by atoms with Crippen LogP contribution in [-0.2, 0) is 6.42 Å². The molecule has 4 aromatic carbocycles. The molecule has 4 aromatic rings. The first-order valence-corrected chi connectivity index (χ1v) is 9.21. The molecule has 0 atom stereocenters. The highest BCUT2D eigenvalue weighted by atomic mass is 35.5. The van der Waals surface area contributed by atoms with Crippen LogP contribution in [0.4, 0.5) is 8.78 Å². The molecule has 0 aliphatic carbocycles. The summed E-state index contributed by atoms with van der Waals surface area (Å²) >= 11 is 5.71. The summed E-state index contributed by atoms with van der Waals surface area (Å²) in [5.74, 6) is -0.950. The van der Waals surface area contributed by atoms with Crippen molar-refractivity contribution in [2.24, 2.45) is 0 Å². The molecule has 0 spiro atoms. The van der Waals surface area contributed by atoms with Crippen molar-refractivity contribution in [3.63, 3.8) is 0 Å². The standard InChI is InChI=1S/C24H17ClF2/c1-2-15-3-4-17-12-18(6-5-16(17)11-15)19-7-9-21(23(26)13-19)20-8-10-22(25)24(27)14-20/h3-14H,2H2,1H3. The Bertz CT molecular complexity index is 1150. The van der Waals surface area contributed by atoms with E-state index in [1.165, 1.54) is 29.1 Å². The number of halogens is 3. The Kier molecular flexibility index (Phi) is 4.67. The lowest BCUT2D eigenvalue weighted by atomic mass is 9.97. The quantitative estimate of drug-likeness (QED) is 0.343. The lowest BCUT2D eigenvalue weighted by Gasteiger charge is -2.09. The van der Waals surface area contributed by atoms with Gasteiger partial charge in [0.05, 0.1) is 5.02 Å². The molecular formula is C24H17ClF2. The molecule has 0 heterocycles. The summed E-state index contributed by atoms with van der Waals surface area (Å²) in [5.41, 5.74) is 3.83. The third-order valence-corrected chi connectivity index (χ3v) is 5.15. The van der Waals surface area contributed by atoms with E-state index in [1.54, 1.807) is 12.1 Å². The Labute approximate surface area is 162 Å². The van der Waals surface area contributed by atoms with E-state index < -0.39 is 11.6 Å². The monoisotopic (exact) mass is 378 g/mol. The summed E-state index contributed by atoms with van der Waals surface area (Å²) in [6.07, 6.45) is 0.996. The van der Waals surface area contributed by atoms with Gasteiger partial charge in [0.2, 0.25) is 0 Å². The van der Waals surface area contributed by atoms with Gasteiger partial charge in [-0.1, -0.05) is 67.1 Å². The summed E-state index contributed by atoms with van der Waals surface area (Å²) in [7, 11) is 0. The Morgan fingerprint density at radius 3 is 2.04 bits per heavy atom. The van der Waals surface area contributed by atoms with E-state index in [0.717, 1.165) is 22.9 Å². The summed E-state index contributed by atoms with van der Waals surface area (Å²) in [6.45, 7) is 2.13. The van der Waals surface area contributed by atoms with Crippen molar-refractivity contribution in [1.82, 2.24) is 0 Å². The Morgan fingerprint density at radius 2 is 1.30 bits per heavy atom. The fourth-order valence-corrected chi connectivity index (χ4v) is 3.40. The van der Waals surface area contributed by atoms with E-state index in [-0.39, 0.29) is 5.02 Å². The molecule has 0 saturated heterocycles. The van der Waals surface area contributed by atoms with Gasteiger partial charge >= 0.3 is 0 Å². The Balaban J connectivity index is 1.73. The van der Waals surface area contributed by atoms with Gasteiger partial charge in [-0.25, -0.2) is 8.78 Å². The van der Waals surface area contributed by atoms with Gasteiger partial charge in [-0.2, -0.15) is 0 Å². The van der Waals surface area contributed by atoms with Crippen LogP contribution in [0.1, 0.15) is 12.5 Å². The molecule has 0 nitrogen and oxygen atoms in total. The highest BCUT2D eigenvalue weighted by Crippen LogP contribution is 2.31. The predicted molar refractivity (Wildman–Crippen MR) is 109 cm³/mol. The van der Waals surface area contributed by atoms with Crippen molar-refractivity contribution >= 4 is 22.4 Å². The van der Waals surface area contributed by atoms with Crippen molar-refractivity contribution in [2.45, 2.75) is 13.3 Å². The summed E-state index contributed by atoms with van der Waals surface area (Å²) in [5, 5.41) is 2.32. The zero-order valence-corrected chi connectivity index (χ0v) is 15.5. The topological polar surface area (TPSA) is 0 Å². The normalized spacial score (nSPS) is 11.1. The first-order valence-electron chi connectivity index (χ1n) is 8.83. The average molecular weight is 379 g/mol. The predicted octanol–water partition coefficient (Wildman–Crippen LogP) is 7.67.